The number of benzene rings is 4. The fourth-order valence-corrected chi connectivity index (χ4v) is 5.54. The number of rotatable bonds is 5. The van der Waals surface area contributed by atoms with Gasteiger partial charge in [0.25, 0.3) is 20.0 Å². The van der Waals surface area contributed by atoms with Crippen LogP contribution in [0.4, 0.5) is 0 Å². The highest BCUT2D eigenvalue weighted by molar-refractivity contribution is 7.91. The van der Waals surface area contributed by atoms with Crippen LogP contribution < -0.4 is 4.72 Å². The summed E-state index contributed by atoms with van der Waals surface area (Å²) in [6.45, 7) is 0. The minimum Gasteiger partial charge on any atom is -0.262 e. The van der Waals surface area contributed by atoms with E-state index in [4.69, 9.17) is 11.6 Å². The molecule has 0 radical (unpaired) electrons. The summed E-state index contributed by atoms with van der Waals surface area (Å²) in [7, 11) is -8.38. The highest BCUT2D eigenvalue weighted by Crippen LogP contribution is 2.23. The minimum absolute atomic E-state index is 0.0168. The van der Waals surface area contributed by atoms with E-state index in [1.165, 1.54) is 30.3 Å². The first-order valence-corrected chi connectivity index (χ1v) is 12.7. The molecule has 162 valence electrons. The fraction of sp³-hybridized carbons (Fsp3) is 0. The molecule has 4 aromatic carbocycles. The maximum atomic E-state index is 13.3. The van der Waals surface area contributed by atoms with Crippen molar-refractivity contribution in [2.75, 3.05) is 0 Å². The summed E-state index contributed by atoms with van der Waals surface area (Å²) >= 11 is 5.84. The molecule has 6 nitrogen and oxygen atoms in total. The number of amidine groups is 1. The zero-order chi connectivity index (χ0) is 22.8. The van der Waals surface area contributed by atoms with E-state index in [1.54, 1.807) is 60.7 Å². The van der Waals surface area contributed by atoms with Crippen molar-refractivity contribution in [3.8, 4) is 0 Å². The Hall–Kier alpha value is -3.20. The molecule has 0 aromatic heterocycles. The molecule has 0 fully saturated rings. The topological polar surface area (TPSA) is 92.7 Å². The van der Waals surface area contributed by atoms with Crippen LogP contribution in [0.3, 0.4) is 0 Å². The predicted octanol–water partition coefficient (Wildman–Crippen LogP) is 4.61. The van der Waals surface area contributed by atoms with Gasteiger partial charge >= 0.3 is 0 Å². The number of hydrogen-bond donors (Lipinski definition) is 1. The number of fused-ring (bicyclic) bond motifs is 1. The average Bonchev–Trinajstić information content (AvgIpc) is 2.79. The van der Waals surface area contributed by atoms with Gasteiger partial charge in [0.05, 0.1) is 9.79 Å². The van der Waals surface area contributed by atoms with Crippen LogP contribution in [0.5, 0.6) is 0 Å². The largest absolute Gasteiger partial charge is 0.284 e. The van der Waals surface area contributed by atoms with E-state index in [0.717, 1.165) is 5.39 Å². The first kappa shape index (κ1) is 22.0. The van der Waals surface area contributed by atoms with Gasteiger partial charge in [0, 0.05) is 16.0 Å². The molecule has 4 rings (SSSR count). The maximum absolute atomic E-state index is 13.3. The molecule has 0 saturated carbocycles. The van der Waals surface area contributed by atoms with E-state index >= 15 is 0 Å². The quantitative estimate of drug-likeness (QED) is 0.331. The van der Waals surface area contributed by atoms with E-state index in [-0.39, 0.29) is 15.6 Å². The lowest BCUT2D eigenvalue weighted by molar-refractivity contribution is 0.593. The first-order chi connectivity index (χ1) is 15.3. The summed E-state index contributed by atoms with van der Waals surface area (Å²) in [5.74, 6) is -0.312. The molecule has 0 amide bonds. The Balaban J connectivity index is 1.83. The number of nitrogens with one attached hydrogen (secondary N) is 1. The lowest BCUT2D eigenvalue weighted by Gasteiger charge is -2.13. The number of halogens is 1. The molecule has 0 bridgehead atoms. The first-order valence-electron chi connectivity index (χ1n) is 9.43. The van der Waals surface area contributed by atoms with Crippen molar-refractivity contribution in [1.82, 2.24) is 4.72 Å². The Morgan fingerprint density at radius 3 is 2.06 bits per heavy atom. The van der Waals surface area contributed by atoms with E-state index in [1.807, 2.05) is 6.07 Å². The normalized spacial score (nSPS) is 12.6. The summed E-state index contributed by atoms with van der Waals surface area (Å²) in [5.41, 5.74) is 0.300. The maximum Gasteiger partial charge on any atom is 0.284 e. The van der Waals surface area contributed by atoms with Crippen LogP contribution in [0.25, 0.3) is 10.8 Å². The molecule has 0 spiro atoms. The Morgan fingerprint density at radius 2 is 1.34 bits per heavy atom. The standard InChI is InChI=1S/C23H17ClN2O4S2/c24-19-13-15-20(16-14-19)31(27,28)25-23(18-8-2-1-3-9-18)26-32(29,30)22-12-6-10-17-7-4-5-11-21(17)22/h1-16H,(H,25,26). The van der Waals surface area contributed by atoms with Crippen LogP contribution in [-0.2, 0) is 20.0 Å². The second-order valence-corrected chi connectivity index (χ2v) is 10.5. The summed E-state index contributed by atoms with van der Waals surface area (Å²) in [5, 5.41) is 1.62. The van der Waals surface area contributed by atoms with Crippen LogP contribution in [-0.4, -0.2) is 22.7 Å². The Bertz CT molecular complexity index is 1510. The van der Waals surface area contributed by atoms with E-state index in [2.05, 4.69) is 9.12 Å². The van der Waals surface area contributed by atoms with Gasteiger partial charge in [-0.25, -0.2) is 8.42 Å². The van der Waals surface area contributed by atoms with E-state index < -0.39 is 20.0 Å². The van der Waals surface area contributed by atoms with Gasteiger partial charge in [-0.15, -0.1) is 4.40 Å². The third-order valence-electron chi connectivity index (χ3n) is 4.64. The molecule has 0 unspecified atom stereocenters. The minimum atomic E-state index is -4.22. The molecular weight excluding hydrogens is 468 g/mol. The molecule has 4 aromatic rings. The Morgan fingerprint density at radius 1 is 0.719 bits per heavy atom. The van der Waals surface area contributed by atoms with E-state index in [0.29, 0.717) is 16.0 Å². The van der Waals surface area contributed by atoms with Gasteiger partial charge in [0.2, 0.25) is 0 Å². The molecule has 0 aliphatic rings. The van der Waals surface area contributed by atoms with Crippen molar-refractivity contribution >= 4 is 48.3 Å². The second kappa shape index (κ2) is 8.74. The van der Waals surface area contributed by atoms with Gasteiger partial charge in [-0.1, -0.05) is 78.3 Å². The Labute approximate surface area is 191 Å². The monoisotopic (exact) mass is 484 g/mol. The highest BCUT2D eigenvalue weighted by Gasteiger charge is 2.23. The highest BCUT2D eigenvalue weighted by atomic mass is 35.5. The zero-order valence-electron chi connectivity index (χ0n) is 16.5. The smallest absolute Gasteiger partial charge is 0.262 e. The molecule has 0 saturated heterocycles. The van der Waals surface area contributed by atoms with Gasteiger partial charge in [0.1, 0.15) is 0 Å². The molecule has 0 heterocycles. The van der Waals surface area contributed by atoms with E-state index in [9.17, 15) is 16.8 Å². The van der Waals surface area contributed by atoms with Crippen molar-refractivity contribution in [3.05, 3.63) is 108 Å². The molecular formula is C23H17ClN2O4S2. The van der Waals surface area contributed by atoms with Gasteiger partial charge < -0.3 is 0 Å². The molecule has 0 atom stereocenters. The molecule has 1 N–H and O–H groups in total. The summed E-state index contributed by atoms with van der Waals surface area (Å²) < 4.78 is 58.6. The molecule has 0 aliphatic carbocycles. The third-order valence-corrected chi connectivity index (χ3v) is 7.58. The van der Waals surface area contributed by atoms with Crippen molar-refractivity contribution in [2.45, 2.75) is 9.79 Å². The summed E-state index contributed by atoms with van der Waals surface area (Å²) in [4.78, 5) is -0.0946. The van der Waals surface area contributed by atoms with Crippen molar-refractivity contribution < 1.29 is 16.8 Å². The number of sulfonamides is 2. The number of nitrogens with zero attached hydrogens (tertiary/aromatic N) is 1. The number of hydrogen-bond acceptors (Lipinski definition) is 4. The van der Waals surface area contributed by atoms with Crippen LogP contribution in [0.2, 0.25) is 5.02 Å². The van der Waals surface area contributed by atoms with Gasteiger partial charge in [0.15, 0.2) is 5.84 Å². The van der Waals surface area contributed by atoms with Gasteiger partial charge in [-0.2, -0.15) is 8.42 Å². The van der Waals surface area contributed by atoms with Crippen molar-refractivity contribution in [2.24, 2.45) is 4.40 Å². The molecule has 9 heteroatoms. The molecule has 0 aliphatic heterocycles. The SMILES string of the molecule is O=S(=O)(N=C(NS(=O)(=O)c1cccc2ccccc12)c1ccccc1)c1ccc(Cl)cc1. The van der Waals surface area contributed by atoms with Crippen LogP contribution >= 0.6 is 11.6 Å². The summed E-state index contributed by atoms with van der Waals surface area (Å²) in [6.07, 6.45) is 0. The zero-order valence-corrected chi connectivity index (χ0v) is 18.9. The second-order valence-electron chi connectivity index (χ2n) is 6.82. The van der Waals surface area contributed by atoms with Gasteiger partial charge in [-0.05, 0) is 35.7 Å². The average molecular weight is 485 g/mol. The van der Waals surface area contributed by atoms with Crippen LogP contribution in [0, 0.1) is 0 Å². The van der Waals surface area contributed by atoms with Crippen LogP contribution in [0.1, 0.15) is 5.56 Å². The Kier molecular flexibility index (Phi) is 6.01. The van der Waals surface area contributed by atoms with Gasteiger partial charge in [-0.3, -0.25) is 4.72 Å². The van der Waals surface area contributed by atoms with Crippen molar-refractivity contribution in [1.29, 1.82) is 0 Å². The predicted molar refractivity (Wildman–Crippen MR) is 126 cm³/mol. The summed E-state index contributed by atoms with van der Waals surface area (Å²) in [6, 6.07) is 25.6. The lowest BCUT2D eigenvalue weighted by atomic mass is 10.1. The fourth-order valence-electron chi connectivity index (χ4n) is 3.12. The van der Waals surface area contributed by atoms with Crippen LogP contribution in [0.15, 0.2) is 111 Å². The molecule has 32 heavy (non-hydrogen) atoms. The third kappa shape index (κ3) is 4.67. The van der Waals surface area contributed by atoms with Crippen molar-refractivity contribution in [3.63, 3.8) is 0 Å². The lowest BCUT2D eigenvalue weighted by Crippen LogP contribution is -2.32.